The van der Waals surface area contributed by atoms with Gasteiger partial charge in [0.1, 0.15) is 0 Å². The zero-order chi connectivity index (χ0) is 8.69. The van der Waals surface area contributed by atoms with Crippen LogP contribution in [0.4, 0.5) is 0 Å². The first-order chi connectivity index (χ1) is 5.20. The Kier molecular flexibility index (Phi) is 6.69. The fraction of sp³-hybridized carbons (Fsp3) is 0.909. The molecule has 0 bridgehead atoms. The Bertz CT molecular complexity index is 74.1. The van der Waals surface area contributed by atoms with Crippen molar-refractivity contribution in [2.24, 2.45) is 5.92 Å². The molecule has 67 valence electrons. The molecule has 1 unspecified atom stereocenters. The quantitative estimate of drug-likeness (QED) is 0.539. The minimum atomic E-state index is 0.958. The van der Waals surface area contributed by atoms with Crippen molar-refractivity contribution in [3.63, 3.8) is 0 Å². The molecule has 0 aromatic carbocycles. The van der Waals surface area contributed by atoms with E-state index in [4.69, 9.17) is 0 Å². The number of rotatable bonds is 6. The lowest BCUT2D eigenvalue weighted by Crippen LogP contribution is -2.01. The fourth-order valence-corrected chi connectivity index (χ4v) is 1.52. The monoisotopic (exact) mass is 155 g/mol. The van der Waals surface area contributed by atoms with Crippen molar-refractivity contribution in [1.82, 2.24) is 0 Å². The summed E-state index contributed by atoms with van der Waals surface area (Å²) in [5.74, 6) is 2.55. The Balaban J connectivity index is 3.41. The highest BCUT2D eigenvalue weighted by Gasteiger charge is 2.07. The molecule has 0 aliphatic heterocycles. The van der Waals surface area contributed by atoms with E-state index in [0.29, 0.717) is 0 Å². The van der Waals surface area contributed by atoms with E-state index in [2.05, 4.69) is 27.7 Å². The predicted octanol–water partition coefficient (Wildman–Crippen LogP) is 4.21. The Hall–Kier alpha value is 0. The van der Waals surface area contributed by atoms with E-state index < -0.39 is 0 Å². The lowest BCUT2D eigenvalue weighted by atomic mass is 9.90. The highest BCUT2D eigenvalue weighted by molar-refractivity contribution is 4.80. The lowest BCUT2D eigenvalue weighted by molar-refractivity contribution is 0.430. The van der Waals surface area contributed by atoms with Crippen LogP contribution in [0.15, 0.2) is 0 Å². The van der Waals surface area contributed by atoms with Gasteiger partial charge in [0, 0.05) is 0 Å². The van der Waals surface area contributed by atoms with E-state index in [-0.39, 0.29) is 0 Å². The van der Waals surface area contributed by atoms with Gasteiger partial charge in [-0.2, -0.15) is 0 Å². The molecule has 0 fully saturated rings. The highest BCUT2D eigenvalue weighted by atomic mass is 14.1. The summed E-state index contributed by atoms with van der Waals surface area (Å²) < 4.78 is 0. The van der Waals surface area contributed by atoms with Crippen molar-refractivity contribution in [2.45, 2.75) is 59.8 Å². The van der Waals surface area contributed by atoms with Crippen LogP contribution in [0.3, 0.4) is 0 Å². The molecule has 0 spiro atoms. The molecule has 0 aliphatic carbocycles. The summed E-state index contributed by atoms with van der Waals surface area (Å²) in [5.41, 5.74) is 0. The maximum absolute atomic E-state index is 2.31. The first-order valence-corrected chi connectivity index (χ1v) is 4.99. The first-order valence-electron chi connectivity index (χ1n) is 4.99. The van der Waals surface area contributed by atoms with Gasteiger partial charge in [0.25, 0.3) is 0 Å². The van der Waals surface area contributed by atoms with Gasteiger partial charge in [0.2, 0.25) is 0 Å². The smallest absolute Gasteiger partial charge is 0.0300 e. The van der Waals surface area contributed by atoms with Crippen molar-refractivity contribution in [3.8, 4) is 0 Å². The predicted molar refractivity (Wildman–Crippen MR) is 52.5 cm³/mol. The van der Waals surface area contributed by atoms with Crippen LogP contribution in [0, 0.1) is 11.8 Å². The average Bonchev–Trinajstić information content (AvgIpc) is 1.97. The second kappa shape index (κ2) is 6.69. The molecule has 0 rings (SSSR count). The summed E-state index contributed by atoms with van der Waals surface area (Å²) in [4.78, 5) is 0. The van der Waals surface area contributed by atoms with E-state index >= 15 is 0 Å². The van der Waals surface area contributed by atoms with Gasteiger partial charge in [-0.1, -0.05) is 53.4 Å². The summed E-state index contributed by atoms with van der Waals surface area (Å²) >= 11 is 0. The van der Waals surface area contributed by atoms with E-state index in [1.54, 1.807) is 5.92 Å². The van der Waals surface area contributed by atoms with Gasteiger partial charge in [0.15, 0.2) is 0 Å². The fourth-order valence-electron chi connectivity index (χ4n) is 1.52. The molecule has 1 atom stereocenters. The van der Waals surface area contributed by atoms with Crippen LogP contribution < -0.4 is 0 Å². The van der Waals surface area contributed by atoms with E-state index in [1.807, 2.05) is 0 Å². The van der Waals surface area contributed by atoms with Gasteiger partial charge in [-0.3, -0.25) is 0 Å². The Morgan fingerprint density at radius 2 is 1.82 bits per heavy atom. The molecule has 0 N–H and O–H groups in total. The molecular formula is C11H23. The van der Waals surface area contributed by atoms with E-state index in [0.717, 1.165) is 5.92 Å². The molecule has 0 saturated carbocycles. The van der Waals surface area contributed by atoms with Gasteiger partial charge >= 0.3 is 0 Å². The second-order valence-electron chi connectivity index (χ2n) is 3.83. The van der Waals surface area contributed by atoms with Gasteiger partial charge in [0.05, 0.1) is 0 Å². The van der Waals surface area contributed by atoms with Gasteiger partial charge in [-0.25, -0.2) is 0 Å². The minimum absolute atomic E-state index is 0.958. The topological polar surface area (TPSA) is 0 Å². The van der Waals surface area contributed by atoms with E-state index in [1.165, 1.54) is 32.1 Å². The molecule has 0 aromatic rings. The molecule has 0 aliphatic rings. The van der Waals surface area contributed by atoms with Crippen LogP contribution in [0.1, 0.15) is 59.8 Å². The third kappa shape index (κ3) is 6.40. The zero-order valence-electron chi connectivity index (χ0n) is 8.61. The Morgan fingerprint density at radius 3 is 2.18 bits per heavy atom. The summed E-state index contributed by atoms with van der Waals surface area (Å²) in [6, 6.07) is 0. The average molecular weight is 155 g/mol. The molecule has 0 heterocycles. The molecule has 1 radical (unpaired) electrons. The van der Waals surface area contributed by atoms with Crippen LogP contribution in [-0.4, -0.2) is 0 Å². The van der Waals surface area contributed by atoms with Crippen LogP contribution in [0.2, 0.25) is 0 Å². The number of hydrogen-bond donors (Lipinski definition) is 0. The maximum Gasteiger partial charge on any atom is -0.0300 e. The molecular weight excluding hydrogens is 132 g/mol. The van der Waals surface area contributed by atoms with Crippen LogP contribution in [0.5, 0.6) is 0 Å². The lowest BCUT2D eigenvalue weighted by Gasteiger charge is -2.15. The van der Waals surface area contributed by atoms with Crippen molar-refractivity contribution >= 4 is 0 Å². The summed E-state index contributed by atoms with van der Waals surface area (Å²) in [6.45, 7) is 9.07. The van der Waals surface area contributed by atoms with Gasteiger partial charge < -0.3 is 0 Å². The normalized spacial score (nSPS) is 13.9. The van der Waals surface area contributed by atoms with Crippen molar-refractivity contribution < 1.29 is 0 Å². The number of unbranched alkanes of at least 4 members (excludes halogenated alkanes) is 1. The second-order valence-corrected chi connectivity index (χ2v) is 3.83. The highest BCUT2D eigenvalue weighted by Crippen LogP contribution is 2.21. The minimum Gasteiger partial charge on any atom is -0.0654 e. The Labute approximate surface area is 72.4 Å². The summed E-state index contributed by atoms with van der Waals surface area (Å²) in [7, 11) is 0. The molecule has 0 amide bonds. The molecule has 0 saturated heterocycles. The van der Waals surface area contributed by atoms with Crippen molar-refractivity contribution in [1.29, 1.82) is 0 Å². The van der Waals surface area contributed by atoms with Gasteiger partial charge in [-0.05, 0) is 18.3 Å². The van der Waals surface area contributed by atoms with Gasteiger partial charge in [-0.15, -0.1) is 0 Å². The largest absolute Gasteiger partial charge is 0.0654 e. The zero-order valence-corrected chi connectivity index (χ0v) is 8.61. The molecule has 11 heavy (non-hydrogen) atoms. The standard InChI is InChI=1S/C11H23/c1-5-7-8-11(6-2)9-10(3)4/h11H,5-9H2,1-4H3. The van der Waals surface area contributed by atoms with Crippen molar-refractivity contribution in [2.75, 3.05) is 0 Å². The summed E-state index contributed by atoms with van der Waals surface area (Å²) in [5, 5.41) is 0. The third-order valence-electron chi connectivity index (χ3n) is 2.24. The van der Waals surface area contributed by atoms with Crippen LogP contribution in [0.25, 0.3) is 0 Å². The number of hydrogen-bond acceptors (Lipinski definition) is 0. The molecule has 0 nitrogen and oxygen atoms in total. The molecule has 0 heteroatoms. The summed E-state index contributed by atoms with van der Waals surface area (Å²) in [6.07, 6.45) is 6.88. The first kappa shape index (κ1) is 11.0. The van der Waals surface area contributed by atoms with E-state index in [9.17, 15) is 0 Å². The molecule has 0 aromatic heterocycles. The van der Waals surface area contributed by atoms with Crippen LogP contribution >= 0.6 is 0 Å². The van der Waals surface area contributed by atoms with Crippen LogP contribution in [-0.2, 0) is 0 Å². The maximum atomic E-state index is 2.31. The SMILES string of the molecule is CCCCC(CC)C[C](C)C. The third-order valence-corrected chi connectivity index (χ3v) is 2.24. The van der Waals surface area contributed by atoms with Crippen molar-refractivity contribution in [3.05, 3.63) is 5.92 Å². The Morgan fingerprint density at radius 1 is 1.18 bits per heavy atom.